The summed E-state index contributed by atoms with van der Waals surface area (Å²) in [4.78, 5) is 6.49. The van der Waals surface area contributed by atoms with E-state index in [0.29, 0.717) is 30.8 Å². The highest BCUT2D eigenvalue weighted by Crippen LogP contribution is 2.35. The second kappa shape index (κ2) is 5.73. The maximum atomic E-state index is 9.32. The molecule has 1 aromatic heterocycles. The molecule has 5 heteroatoms. The molecule has 5 nitrogen and oxygen atoms in total. The van der Waals surface area contributed by atoms with Crippen LogP contribution in [0.2, 0.25) is 0 Å². The largest absolute Gasteiger partial charge is 0.395 e. The Hall–Kier alpha value is -1.72. The molecule has 20 heavy (non-hydrogen) atoms. The molecule has 0 fully saturated rings. The zero-order valence-corrected chi connectivity index (χ0v) is 11.6. The molecule has 3 rings (SSSR count). The number of hydrogen-bond donors (Lipinski definition) is 1. The third-order valence-corrected chi connectivity index (χ3v) is 3.84. The van der Waals surface area contributed by atoms with Gasteiger partial charge in [0.2, 0.25) is 5.89 Å². The molecule has 1 aromatic carbocycles. The van der Waals surface area contributed by atoms with Gasteiger partial charge in [-0.15, -0.1) is 0 Å². The number of aliphatic hydroxyl groups excluding tert-OH is 1. The van der Waals surface area contributed by atoms with Gasteiger partial charge in [0.15, 0.2) is 5.82 Å². The van der Waals surface area contributed by atoms with Crippen molar-refractivity contribution in [2.75, 3.05) is 13.2 Å². The van der Waals surface area contributed by atoms with Gasteiger partial charge >= 0.3 is 0 Å². The Morgan fingerprint density at radius 2 is 2.25 bits per heavy atom. The van der Waals surface area contributed by atoms with Crippen LogP contribution >= 0.6 is 0 Å². The predicted molar refractivity (Wildman–Crippen MR) is 74.0 cm³/mol. The maximum Gasteiger partial charge on any atom is 0.223 e. The molecular weight excluding hydrogens is 254 g/mol. The Morgan fingerprint density at radius 3 is 3.00 bits per heavy atom. The second-order valence-electron chi connectivity index (χ2n) is 5.18. The van der Waals surface area contributed by atoms with Gasteiger partial charge in [0.1, 0.15) is 0 Å². The third kappa shape index (κ3) is 2.59. The van der Waals surface area contributed by atoms with Crippen LogP contribution in [-0.2, 0) is 13.0 Å². The lowest BCUT2D eigenvalue weighted by Crippen LogP contribution is -2.30. The lowest BCUT2D eigenvalue weighted by Gasteiger charge is -2.27. The second-order valence-corrected chi connectivity index (χ2v) is 5.18. The van der Waals surface area contributed by atoms with E-state index in [1.54, 1.807) is 6.92 Å². The van der Waals surface area contributed by atoms with Crippen molar-refractivity contribution in [1.29, 1.82) is 0 Å². The topological polar surface area (TPSA) is 62.4 Å². The standard InChI is InChI=1S/C15H19N3O2/c1-11-16-15(17-20-11)10-18(8-9-19)14-7-6-12-4-2-3-5-13(12)14/h2-5,14,19H,6-10H2,1H3. The Balaban J connectivity index is 1.81. The number of nitrogens with zero attached hydrogens (tertiary/aromatic N) is 3. The monoisotopic (exact) mass is 273 g/mol. The molecule has 1 atom stereocenters. The van der Waals surface area contributed by atoms with Crippen LogP contribution in [-0.4, -0.2) is 33.3 Å². The third-order valence-electron chi connectivity index (χ3n) is 3.84. The van der Waals surface area contributed by atoms with E-state index in [2.05, 4.69) is 39.3 Å². The van der Waals surface area contributed by atoms with Crippen LogP contribution in [0.5, 0.6) is 0 Å². The summed E-state index contributed by atoms with van der Waals surface area (Å²) in [7, 11) is 0. The molecule has 1 aliphatic rings. The molecule has 0 amide bonds. The van der Waals surface area contributed by atoms with Gasteiger partial charge in [0.05, 0.1) is 13.2 Å². The highest BCUT2D eigenvalue weighted by Gasteiger charge is 2.28. The lowest BCUT2D eigenvalue weighted by molar-refractivity contribution is 0.138. The van der Waals surface area contributed by atoms with Gasteiger partial charge in [0.25, 0.3) is 0 Å². The zero-order valence-electron chi connectivity index (χ0n) is 11.6. The molecule has 0 bridgehead atoms. The van der Waals surface area contributed by atoms with Gasteiger partial charge in [0, 0.05) is 19.5 Å². The summed E-state index contributed by atoms with van der Waals surface area (Å²) in [5.74, 6) is 1.26. The number of aromatic nitrogens is 2. The first-order valence-electron chi connectivity index (χ1n) is 7.00. The van der Waals surface area contributed by atoms with Crippen molar-refractivity contribution in [2.45, 2.75) is 32.4 Å². The average Bonchev–Trinajstić information content (AvgIpc) is 3.04. The minimum Gasteiger partial charge on any atom is -0.395 e. The Labute approximate surface area is 118 Å². The Bertz CT molecular complexity index is 582. The molecule has 2 aromatic rings. The SMILES string of the molecule is Cc1nc(CN(CCO)C2CCc3ccccc32)no1. The van der Waals surface area contributed by atoms with Gasteiger partial charge < -0.3 is 9.63 Å². The minimum atomic E-state index is 0.134. The fourth-order valence-corrected chi connectivity index (χ4v) is 2.97. The molecule has 106 valence electrons. The predicted octanol–water partition coefficient (Wildman–Crippen LogP) is 1.86. The normalized spacial score (nSPS) is 17.6. The molecule has 1 heterocycles. The van der Waals surface area contributed by atoms with Crippen molar-refractivity contribution < 1.29 is 9.63 Å². The van der Waals surface area contributed by atoms with Crippen molar-refractivity contribution in [3.8, 4) is 0 Å². The number of rotatable bonds is 5. The number of aryl methyl sites for hydroxylation is 2. The highest BCUT2D eigenvalue weighted by atomic mass is 16.5. The fourth-order valence-electron chi connectivity index (χ4n) is 2.97. The summed E-state index contributed by atoms with van der Waals surface area (Å²) in [6.07, 6.45) is 2.17. The Kier molecular flexibility index (Phi) is 3.80. The molecule has 1 unspecified atom stereocenters. The molecule has 0 saturated heterocycles. The average molecular weight is 273 g/mol. The van der Waals surface area contributed by atoms with Crippen LogP contribution in [0.15, 0.2) is 28.8 Å². The first-order valence-corrected chi connectivity index (χ1v) is 7.00. The molecular formula is C15H19N3O2. The first kappa shape index (κ1) is 13.3. The van der Waals surface area contributed by atoms with Crippen molar-refractivity contribution in [2.24, 2.45) is 0 Å². The number of hydrogen-bond acceptors (Lipinski definition) is 5. The van der Waals surface area contributed by atoms with Gasteiger partial charge in [-0.05, 0) is 24.0 Å². The summed E-state index contributed by atoms with van der Waals surface area (Å²) in [5, 5.41) is 13.3. The van der Waals surface area contributed by atoms with E-state index in [-0.39, 0.29) is 6.61 Å². The van der Waals surface area contributed by atoms with E-state index >= 15 is 0 Å². The number of aliphatic hydroxyl groups is 1. The Morgan fingerprint density at radius 1 is 1.40 bits per heavy atom. The van der Waals surface area contributed by atoms with Crippen LogP contribution in [0.4, 0.5) is 0 Å². The fraction of sp³-hybridized carbons (Fsp3) is 0.467. The van der Waals surface area contributed by atoms with Crippen LogP contribution in [0.1, 0.15) is 35.3 Å². The van der Waals surface area contributed by atoms with Gasteiger partial charge in [-0.3, -0.25) is 4.90 Å². The van der Waals surface area contributed by atoms with Crippen molar-refractivity contribution in [3.63, 3.8) is 0 Å². The van der Waals surface area contributed by atoms with Crippen molar-refractivity contribution in [1.82, 2.24) is 15.0 Å². The summed E-state index contributed by atoms with van der Waals surface area (Å²) < 4.78 is 5.03. The number of fused-ring (bicyclic) bond motifs is 1. The maximum absolute atomic E-state index is 9.32. The molecule has 0 saturated carbocycles. The quantitative estimate of drug-likeness (QED) is 0.901. The summed E-state index contributed by atoms with van der Waals surface area (Å²) >= 11 is 0. The van der Waals surface area contributed by atoms with E-state index in [4.69, 9.17) is 4.52 Å². The highest BCUT2D eigenvalue weighted by molar-refractivity contribution is 5.34. The van der Waals surface area contributed by atoms with E-state index in [1.165, 1.54) is 11.1 Å². The molecule has 0 aliphatic heterocycles. The van der Waals surface area contributed by atoms with E-state index in [0.717, 1.165) is 12.8 Å². The summed E-state index contributed by atoms with van der Waals surface area (Å²) in [5.41, 5.74) is 2.77. The zero-order chi connectivity index (χ0) is 13.9. The summed E-state index contributed by atoms with van der Waals surface area (Å²) in [6.45, 7) is 3.15. The van der Waals surface area contributed by atoms with Crippen LogP contribution in [0.3, 0.4) is 0 Å². The molecule has 1 N–H and O–H groups in total. The van der Waals surface area contributed by atoms with Crippen LogP contribution in [0.25, 0.3) is 0 Å². The minimum absolute atomic E-state index is 0.134. The van der Waals surface area contributed by atoms with E-state index in [9.17, 15) is 5.11 Å². The lowest BCUT2D eigenvalue weighted by atomic mass is 10.1. The van der Waals surface area contributed by atoms with Gasteiger partial charge in [-0.25, -0.2) is 0 Å². The van der Waals surface area contributed by atoms with Gasteiger partial charge in [-0.1, -0.05) is 29.4 Å². The molecule has 1 aliphatic carbocycles. The van der Waals surface area contributed by atoms with Crippen LogP contribution < -0.4 is 0 Å². The van der Waals surface area contributed by atoms with Crippen LogP contribution in [0, 0.1) is 6.92 Å². The van der Waals surface area contributed by atoms with Gasteiger partial charge in [-0.2, -0.15) is 4.98 Å². The smallest absolute Gasteiger partial charge is 0.223 e. The van der Waals surface area contributed by atoms with Crippen molar-refractivity contribution >= 4 is 0 Å². The van der Waals surface area contributed by atoms with E-state index in [1.807, 2.05) is 0 Å². The van der Waals surface area contributed by atoms with Crippen molar-refractivity contribution in [3.05, 3.63) is 47.1 Å². The molecule has 0 spiro atoms. The first-order chi connectivity index (χ1) is 9.78. The molecule has 0 radical (unpaired) electrons. The summed E-state index contributed by atoms with van der Waals surface area (Å²) in [6, 6.07) is 8.86. The number of benzene rings is 1. The van der Waals surface area contributed by atoms with E-state index < -0.39 is 0 Å².